The van der Waals surface area contributed by atoms with Gasteiger partial charge >= 0.3 is 0 Å². The van der Waals surface area contributed by atoms with Gasteiger partial charge in [0.05, 0.1) is 0 Å². The molecule has 0 amide bonds. The van der Waals surface area contributed by atoms with Crippen molar-refractivity contribution < 1.29 is 0 Å². The van der Waals surface area contributed by atoms with Crippen molar-refractivity contribution in [2.24, 2.45) is 4.99 Å². The second-order valence-electron chi connectivity index (χ2n) is 6.09. The Kier molecular flexibility index (Phi) is 9.11. The minimum Gasteiger partial charge on any atom is -0.355 e. The van der Waals surface area contributed by atoms with Gasteiger partial charge in [-0.15, -0.1) is 24.0 Å². The highest BCUT2D eigenvalue weighted by Gasteiger charge is 2.20. The number of thioether (sulfide) groups is 1. The number of aliphatic imine (C=N–C) groups is 1. The number of hydrogen-bond acceptors (Lipinski definition) is 5. The fourth-order valence-electron chi connectivity index (χ4n) is 3.17. The molecule has 25 heavy (non-hydrogen) atoms. The van der Waals surface area contributed by atoms with Crippen LogP contribution in [0.15, 0.2) is 29.4 Å². The highest BCUT2D eigenvalue weighted by atomic mass is 127. The molecule has 2 saturated heterocycles. The molecule has 0 unspecified atom stereocenters. The summed E-state index contributed by atoms with van der Waals surface area (Å²) in [6.07, 6.45) is 1.86. The van der Waals surface area contributed by atoms with Gasteiger partial charge in [-0.1, -0.05) is 6.07 Å². The van der Waals surface area contributed by atoms with Gasteiger partial charge in [0.25, 0.3) is 0 Å². The second-order valence-corrected chi connectivity index (χ2v) is 7.31. The standard InChI is InChI=1S/C17H28N6S.HI/c1-18-17(20-6-7-21-12-14-24-15-13-21)23-10-8-22(9-11-23)16-4-2-3-5-19-16;/h2-5H,6-15H2,1H3,(H,18,20);1H. The third-order valence-corrected chi connectivity index (χ3v) is 5.52. The number of piperazine rings is 1. The first-order chi connectivity index (χ1) is 11.9. The Bertz CT molecular complexity index is 515. The number of hydrogen-bond donors (Lipinski definition) is 1. The summed E-state index contributed by atoms with van der Waals surface area (Å²) in [5.74, 6) is 4.64. The molecule has 6 nitrogen and oxygen atoms in total. The summed E-state index contributed by atoms with van der Waals surface area (Å²) in [5.41, 5.74) is 0. The first-order valence-corrected chi connectivity index (χ1v) is 9.94. The molecular weight excluding hydrogens is 447 g/mol. The molecular formula is C17H29IN6S. The monoisotopic (exact) mass is 476 g/mol. The van der Waals surface area contributed by atoms with E-state index in [4.69, 9.17) is 0 Å². The van der Waals surface area contributed by atoms with E-state index in [1.54, 1.807) is 0 Å². The fraction of sp³-hybridized carbons (Fsp3) is 0.647. The number of nitrogens with zero attached hydrogens (tertiary/aromatic N) is 5. The van der Waals surface area contributed by atoms with Crippen LogP contribution in [0.4, 0.5) is 5.82 Å². The maximum absolute atomic E-state index is 4.47. The van der Waals surface area contributed by atoms with Crippen molar-refractivity contribution in [3.05, 3.63) is 24.4 Å². The Morgan fingerprint density at radius 1 is 1.16 bits per heavy atom. The van der Waals surface area contributed by atoms with Gasteiger partial charge in [-0.25, -0.2) is 4.98 Å². The lowest BCUT2D eigenvalue weighted by molar-refractivity contribution is 0.303. The van der Waals surface area contributed by atoms with E-state index in [0.29, 0.717) is 0 Å². The Labute approximate surface area is 172 Å². The fourth-order valence-corrected chi connectivity index (χ4v) is 4.15. The highest BCUT2D eigenvalue weighted by Crippen LogP contribution is 2.12. The zero-order chi connectivity index (χ0) is 16.6. The lowest BCUT2D eigenvalue weighted by Crippen LogP contribution is -2.53. The number of pyridine rings is 1. The van der Waals surface area contributed by atoms with E-state index in [-0.39, 0.29) is 24.0 Å². The summed E-state index contributed by atoms with van der Waals surface area (Å²) < 4.78 is 0. The van der Waals surface area contributed by atoms with Gasteiger partial charge in [-0.3, -0.25) is 9.89 Å². The van der Waals surface area contributed by atoms with Crippen molar-refractivity contribution in [3.63, 3.8) is 0 Å². The molecule has 0 saturated carbocycles. The minimum atomic E-state index is 0. The molecule has 8 heteroatoms. The topological polar surface area (TPSA) is 47.0 Å². The van der Waals surface area contributed by atoms with Gasteiger partial charge in [-0.05, 0) is 12.1 Å². The number of guanidine groups is 1. The summed E-state index contributed by atoms with van der Waals surface area (Å²) in [7, 11) is 1.88. The normalized spacial score (nSPS) is 19.5. The predicted molar refractivity (Wildman–Crippen MR) is 119 cm³/mol. The molecule has 2 aliphatic heterocycles. The number of halogens is 1. The summed E-state index contributed by atoms with van der Waals surface area (Å²) in [6.45, 7) is 8.45. The first kappa shape index (κ1) is 20.6. The number of nitrogens with one attached hydrogen (secondary N) is 1. The molecule has 0 aromatic carbocycles. The Morgan fingerprint density at radius 2 is 1.92 bits per heavy atom. The lowest BCUT2D eigenvalue weighted by atomic mass is 10.3. The van der Waals surface area contributed by atoms with Crippen LogP contribution in [0.25, 0.3) is 0 Å². The Morgan fingerprint density at radius 3 is 2.56 bits per heavy atom. The average Bonchev–Trinajstić information content (AvgIpc) is 2.67. The maximum Gasteiger partial charge on any atom is 0.193 e. The van der Waals surface area contributed by atoms with Gasteiger partial charge in [0, 0.05) is 77.1 Å². The average molecular weight is 476 g/mol. The molecule has 3 rings (SSSR count). The third-order valence-electron chi connectivity index (χ3n) is 4.58. The van der Waals surface area contributed by atoms with Crippen molar-refractivity contribution in [1.82, 2.24) is 20.1 Å². The highest BCUT2D eigenvalue weighted by molar-refractivity contribution is 14.0. The molecule has 1 aromatic rings. The Hall–Kier alpha value is -0.740. The van der Waals surface area contributed by atoms with Crippen LogP contribution in [0, 0.1) is 0 Å². The van der Waals surface area contributed by atoms with E-state index >= 15 is 0 Å². The zero-order valence-electron chi connectivity index (χ0n) is 14.9. The van der Waals surface area contributed by atoms with Gasteiger partial charge in [0.1, 0.15) is 5.82 Å². The van der Waals surface area contributed by atoms with E-state index in [0.717, 1.165) is 51.0 Å². The van der Waals surface area contributed by atoms with Crippen molar-refractivity contribution in [3.8, 4) is 0 Å². The summed E-state index contributed by atoms with van der Waals surface area (Å²) in [6, 6.07) is 6.10. The first-order valence-electron chi connectivity index (χ1n) is 8.78. The number of aromatic nitrogens is 1. The van der Waals surface area contributed by atoms with E-state index in [9.17, 15) is 0 Å². The Balaban J connectivity index is 0.00000225. The molecule has 0 atom stereocenters. The van der Waals surface area contributed by atoms with E-state index in [2.05, 4.69) is 47.8 Å². The van der Waals surface area contributed by atoms with Crippen molar-refractivity contribution in [1.29, 1.82) is 0 Å². The summed E-state index contributed by atoms with van der Waals surface area (Å²) >= 11 is 2.06. The van der Waals surface area contributed by atoms with E-state index < -0.39 is 0 Å². The zero-order valence-corrected chi connectivity index (χ0v) is 18.1. The molecule has 0 radical (unpaired) electrons. The van der Waals surface area contributed by atoms with E-state index in [1.807, 2.05) is 25.4 Å². The summed E-state index contributed by atoms with van der Waals surface area (Å²) in [4.78, 5) is 16.1. The minimum absolute atomic E-state index is 0. The lowest BCUT2D eigenvalue weighted by Gasteiger charge is -2.37. The van der Waals surface area contributed by atoms with Crippen molar-refractivity contribution in [2.75, 3.05) is 75.8 Å². The van der Waals surface area contributed by atoms with E-state index in [1.165, 1.54) is 24.6 Å². The third kappa shape index (κ3) is 6.18. The largest absolute Gasteiger partial charge is 0.355 e. The molecule has 2 aliphatic rings. The summed E-state index contributed by atoms with van der Waals surface area (Å²) in [5, 5.41) is 3.53. The van der Waals surface area contributed by atoms with Crippen LogP contribution < -0.4 is 10.2 Å². The van der Waals surface area contributed by atoms with Crippen molar-refractivity contribution >= 4 is 47.5 Å². The SMILES string of the molecule is CN=C(NCCN1CCSCC1)N1CCN(c2ccccn2)CC1.I. The van der Waals surface area contributed by atoms with Gasteiger partial charge in [0.2, 0.25) is 0 Å². The second kappa shape index (κ2) is 11.1. The van der Waals surface area contributed by atoms with Crippen LogP contribution >= 0.6 is 35.7 Å². The van der Waals surface area contributed by atoms with Gasteiger partial charge < -0.3 is 15.1 Å². The number of anilines is 1. The van der Waals surface area contributed by atoms with Gasteiger partial charge in [0.15, 0.2) is 5.96 Å². The van der Waals surface area contributed by atoms with Crippen molar-refractivity contribution in [2.45, 2.75) is 0 Å². The van der Waals surface area contributed by atoms with Crippen LogP contribution in [-0.2, 0) is 0 Å². The molecule has 0 bridgehead atoms. The quantitative estimate of drug-likeness (QED) is 0.404. The molecule has 0 aliphatic carbocycles. The predicted octanol–water partition coefficient (Wildman–Crippen LogP) is 1.45. The molecule has 0 spiro atoms. The molecule has 140 valence electrons. The van der Waals surface area contributed by atoms with Crippen LogP contribution in [0.2, 0.25) is 0 Å². The molecule has 1 aromatic heterocycles. The molecule has 2 fully saturated rings. The van der Waals surface area contributed by atoms with Crippen LogP contribution in [0.5, 0.6) is 0 Å². The number of rotatable bonds is 4. The molecule has 3 heterocycles. The van der Waals surface area contributed by atoms with Gasteiger partial charge in [-0.2, -0.15) is 11.8 Å². The van der Waals surface area contributed by atoms with Crippen LogP contribution in [-0.4, -0.2) is 91.7 Å². The maximum atomic E-state index is 4.47. The van der Waals surface area contributed by atoms with Crippen LogP contribution in [0.1, 0.15) is 0 Å². The smallest absolute Gasteiger partial charge is 0.193 e. The molecule has 1 N–H and O–H groups in total. The van der Waals surface area contributed by atoms with Crippen LogP contribution in [0.3, 0.4) is 0 Å².